The SMILES string of the molecule is C/N=C/c1cn([C@H]2C=C[C@@H](O)C2)c2nc(C)nc(N)c12. The van der Waals surface area contributed by atoms with E-state index < -0.39 is 6.10 Å². The van der Waals surface area contributed by atoms with Crippen LogP contribution in [0.3, 0.4) is 0 Å². The van der Waals surface area contributed by atoms with E-state index >= 15 is 0 Å². The molecule has 20 heavy (non-hydrogen) atoms. The predicted molar refractivity (Wildman–Crippen MR) is 79.0 cm³/mol. The maximum Gasteiger partial charge on any atom is 0.147 e. The molecule has 3 N–H and O–H groups in total. The fourth-order valence-corrected chi connectivity index (χ4v) is 2.68. The first kappa shape index (κ1) is 12.8. The highest BCUT2D eigenvalue weighted by Gasteiger charge is 2.22. The van der Waals surface area contributed by atoms with Crippen molar-refractivity contribution in [3.05, 3.63) is 29.7 Å². The van der Waals surface area contributed by atoms with Crippen molar-refractivity contribution in [2.45, 2.75) is 25.5 Å². The van der Waals surface area contributed by atoms with Gasteiger partial charge in [-0.25, -0.2) is 9.97 Å². The molecule has 0 spiro atoms. The van der Waals surface area contributed by atoms with Crippen LogP contribution in [-0.2, 0) is 0 Å². The summed E-state index contributed by atoms with van der Waals surface area (Å²) in [6, 6.07) is 0.0835. The summed E-state index contributed by atoms with van der Waals surface area (Å²) in [6.45, 7) is 1.82. The van der Waals surface area contributed by atoms with Gasteiger partial charge in [0.25, 0.3) is 0 Å². The van der Waals surface area contributed by atoms with Gasteiger partial charge in [-0.15, -0.1) is 0 Å². The summed E-state index contributed by atoms with van der Waals surface area (Å²) < 4.78 is 2.03. The van der Waals surface area contributed by atoms with Crippen LogP contribution in [0.5, 0.6) is 0 Å². The van der Waals surface area contributed by atoms with Crippen molar-refractivity contribution >= 4 is 23.1 Å². The lowest BCUT2D eigenvalue weighted by atomic mass is 10.2. The quantitative estimate of drug-likeness (QED) is 0.635. The molecular weight excluding hydrogens is 254 g/mol. The van der Waals surface area contributed by atoms with Gasteiger partial charge in [0.05, 0.1) is 17.5 Å². The summed E-state index contributed by atoms with van der Waals surface area (Å²) in [5, 5.41) is 10.5. The van der Waals surface area contributed by atoms with E-state index in [1.54, 1.807) is 13.3 Å². The summed E-state index contributed by atoms with van der Waals surface area (Å²) in [6.07, 6.45) is 7.76. The van der Waals surface area contributed by atoms with E-state index in [9.17, 15) is 5.11 Å². The molecule has 2 aromatic heterocycles. The molecule has 0 aliphatic heterocycles. The highest BCUT2D eigenvalue weighted by molar-refractivity contribution is 6.03. The van der Waals surface area contributed by atoms with E-state index in [-0.39, 0.29) is 6.04 Å². The molecule has 6 heteroatoms. The topological polar surface area (TPSA) is 89.3 Å². The second-order valence-electron chi connectivity index (χ2n) is 4.99. The Bertz CT molecular complexity index is 716. The number of aliphatic imine (C=N–C) groups is 1. The van der Waals surface area contributed by atoms with E-state index in [0.717, 1.165) is 16.6 Å². The minimum atomic E-state index is -0.402. The van der Waals surface area contributed by atoms with E-state index in [1.807, 2.05) is 29.8 Å². The average molecular weight is 271 g/mol. The molecule has 0 radical (unpaired) electrons. The molecule has 3 rings (SSSR count). The molecule has 0 aromatic carbocycles. The molecule has 1 aliphatic carbocycles. The fraction of sp³-hybridized carbons (Fsp3) is 0.357. The Labute approximate surface area is 116 Å². The molecule has 6 nitrogen and oxygen atoms in total. The third-order valence-electron chi connectivity index (χ3n) is 3.50. The van der Waals surface area contributed by atoms with Gasteiger partial charge in [0.15, 0.2) is 0 Å². The Hall–Kier alpha value is -2.21. The van der Waals surface area contributed by atoms with Gasteiger partial charge in [0.2, 0.25) is 0 Å². The molecule has 0 saturated heterocycles. The van der Waals surface area contributed by atoms with Crippen molar-refractivity contribution in [2.75, 3.05) is 12.8 Å². The van der Waals surface area contributed by atoms with Crippen molar-refractivity contribution < 1.29 is 5.11 Å². The Kier molecular flexibility index (Phi) is 3.02. The number of aromatic nitrogens is 3. The lowest BCUT2D eigenvalue weighted by Gasteiger charge is -2.12. The Morgan fingerprint density at radius 3 is 2.90 bits per heavy atom. The summed E-state index contributed by atoms with van der Waals surface area (Å²) in [7, 11) is 1.72. The van der Waals surface area contributed by atoms with Crippen LogP contribution in [-0.4, -0.2) is 39.0 Å². The van der Waals surface area contributed by atoms with Crippen LogP contribution in [0, 0.1) is 6.92 Å². The third-order valence-corrected chi connectivity index (χ3v) is 3.50. The number of rotatable bonds is 2. The highest BCUT2D eigenvalue weighted by atomic mass is 16.3. The van der Waals surface area contributed by atoms with E-state index in [4.69, 9.17) is 5.73 Å². The minimum Gasteiger partial charge on any atom is -0.389 e. The highest BCUT2D eigenvalue weighted by Crippen LogP contribution is 2.31. The zero-order chi connectivity index (χ0) is 14.3. The predicted octanol–water partition coefficient (Wildman–Crippen LogP) is 1.23. The molecule has 0 unspecified atom stereocenters. The number of fused-ring (bicyclic) bond motifs is 1. The monoisotopic (exact) mass is 271 g/mol. The van der Waals surface area contributed by atoms with Gasteiger partial charge >= 0.3 is 0 Å². The first-order valence-electron chi connectivity index (χ1n) is 6.53. The summed E-state index contributed by atoms with van der Waals surface area (Å²) in [4.78, 5) is 12.8. The number of nitrogens with two attached hydrogens (primary N) is 1. The molecule has 1 aliphatic rings. The number of nitrogens with zero attached hydrogens (tertiary/aromatic N) is 4. The normalized spacial score (nSPS) is 22.4. The number of nitrogen functional groups attached to an aromatic ring is 1. The smallest absolute Gasteiger partial charge is 0.147 e. The molecular formula is C14H17N5O. The Morgan fingerprint density at radius 2 is 2.25 bits per heavy atom. The maximum atomic E-state index is 9.67. The molecule has 2 atom stereocenters. The summed E-state index contributed by atoms with van der Waals surface area (Å²) in [5.74, 6) is 1.10. The fourth-order valence-electron chi connectivity index (χ4n) is 2.68. The van der Waals surface area contributed by atoms with Crippen molar-refractivity contribution in [1.29, 1.82) is 0 Å². The molecule has 2 aromatic rings. The molecule has 104 valence electrons. The van der Waals surface area contributed by atoms with Gasteiger partial charge in [-0.05, 0) is 6.92 Å². The van der Waals surface area contributed by atoms with Crippen LogP contribution in [0.4, 0.5) is 5.82 Å². The average Bonchev–Trinajstić information content (AvgIpc) is 2.94. The van der Waals surface area contributed by atoms with Gasteiger partial charge in [-0.1, -0.05) is 12.2 Å². The van der Waals surface area contributed by atoms with Crippen molar-refractivity contribution in [2.24, 2.45) is 4.99 Å². The maximum absolute atomic E-state index is 9.67. The Balaban J connectivity index is 2.24. The summed E-state index contributed by atoms with van der Waals surface area (Å²) in [5.41, 5.74) is 7.72. The molecule has 0 bridgehead atoms. The molecule has 0 fully saturated rings. The number of anilines is 1. The largest absolute Gasteiger partial charge is 0.389 e. The third kappa shape index (κ3) is 1.98. The van der Waals surface area contributed by atoms with Crippen LogP contribution < -0.4 is 5.73 Å². The lowest BCUT2D eigenvalue weighted by molar-refractivity contribution is 0.211. The molecule has 2 heterocycles. The number of allylic oxidation sites excluding steroid dienone is 1. The van der Waals surface area contributed by atoms with Gasteiger partial charge in [0, 0.05) is 31.4 Å². The van der Waals surface area contributed by atoms with E-state index in [2.05, 4.69) is 15.0 Å². The van der Waals surface area contributed by atoms with Gasteiger partial charge in [-0.3, -0.25) is 4.99 Å². The number of hydrogen-bond acceptors (Lipinski definition) is 5. The zero-order valence-corrected chi connectivity index (χ0v) is 11.5. The van der Waals surface area contributed by atoms with E-state index in [0.29, 0.717) is 18.1 Å². The van der Waals surface area contributed by atoms with Crippen molar-refractivity contribution in [1.82, 2.24) is 14.5 Å². The first-order chi connectivity index (χ1) is 9.60. The Morgan fingerprint density at radius 1 is 1.45 bits per heavy atom. The lowest BCUT2D eigenvalue weighted by Crippen LogP contribution is -2.08. The van der Waals surface area contributed by atoms with Gasteiger partial charge in [-0.2, -0.15) is 0 Å². The molecule has 0 amide bonds. The van der Waals surface area contributed by atoms with Gasteiger partial charge in [0.1, 0.15) is 17.3 Å². The first-order valence-corrected chi connectivity index (χ1v) is 6.53. The van der Waals surface area contributed by atoms with Crippen molar-refractivity contribution in [3.8, 4) is 0 Å². The standard InChI is InChI=1S/C14H17N5O/c1-8-17-13(15)12-9(6-16-2)7-19(14(12)18-8)10-3-4-11(20)5-10/h3-4,6-7,10-11,20H,5H2,1-2H3,(H2,15,17,18)/b16-6+/t10-,11+/m0/s1. The molecule has 0 saturated carbocycles. The number of aliphatic hydroxyl groups is 1. The number of aryl methyl sites for hydroxylation is 1. The second kappa shape index (κ2) is 4.72. The second-order valence-corrected chi connectivity index (χ2v) is 4.99. The van der Waals surface area contributed by atoms with Gasteiger partial charge < -0.3 is 15.4 Å². The van der Waals surface area contributed by atoms with Crippen LogP contribution >= 0.6 is 0 Å². The van der Waals surface area contributed by atoms with Crippen LogP contribution in [0.15, 0.2) is 23.3 Å². The minimum absolute atomic E-state index is 0.0835. The summed E-state index contributed by atoms with van der Waals surface area (Å²) >= 11 is 0. The van der Waals surface area contributed by atoms with E-state index in [1.165, 1.54) is 0 Å². The van der Waals surface area contributed by atoms with Crippen LogP contribution in [0.25, 0.3) is 11.0 Å². The van der Waals surface area contributed by atoms with Crippen LogP contribution in [0.2, 0.25) is 0 Å². The van der Waals surface area contributed by atoms with Crippen molar-refractivity contribution in [3.63, 3.8) is 0 Å². The number of aliphatic hydroxyl groups excluding tert-OH is 1. The number of hydrogen-bond donors (Lipinski definition) is 2. The zero-order valence-electron chi connectivity index (χ0n) is 11.5. The van der Waals surface area contributed by atoms with Crippen LogP contribution in [0.1, 0.15) is 23.9 Å².